The summed E-state index contributed by atoms with van der Waals surface area (Å²) in [5.74, 6) is 1.85. The fourth-order valence-corrected chi connectivity index (χ4v) is 4.91. The second kappa shape index (κ2) is 6.37. The van der Waals surface area contributed by atoms with E-state index in [0.29, 0.717) is 13.1 Å². The van der Waals surface area contributed by atoms with Crippen LogP contribution in [0.15, 0.2) is 30.5 Å². The number of aromatic nitrogens is 2. The number of hydrogen-bond donors (Lipinski definition) is 1. The number of hydrogen-bond acceptors (Lipinski definition) is 5. The number of fused-ring (bicyclic) bond motifs is 2. The van der Waals surface area contributed by atoms with Gasteiger partial charge in [0.1, 0.15) is 11.6 Å². The summed E-state index contributed by atoms with van der Waals surface area (Å²) in [7, 11) is -1.48. The first-order chi connectivity index (χ1) is 12.4. The predicted molar refractivity (Wildman–Crippen MR) is 99.5 cm³/mol. The Hall–Kier alpha value is -1.90. The largest absolute Gasteiger partial charge is 0.497 e. The molecule has 2 aliphatic rings. The van der Waals surface area contributed by atoms with Gasteiger partial charge in [-0.3, -0.25) is 0 Å². The summed E-state index contributed by atoms with van der Waals surface area (Å²) in [6.07, 6.45) is 4.68. The van der Waals surface area contributed by atoms with Gasteiger partial charge in [0.05, 0.1) is 30.8 Å². The number of nitrogens with one attached hydrogen (secondary N) is 1. The molecule has 1 saturated heterocycles. The Kier molecular flexibility index (Phi) is 4.29. The van der Waals surface area contributed by atoms with Crippen LogP contribution in [0, 0.1) is 0 Å². The third-order valence-electron chi connectivity index (χ3n) is 5.51. The molecular weight excluding hydrogens is 352 g/mol. The van der Waals surface area contributed by atoms with Crippen LogP contribution < -0.4 is 10.1 Å². The first-order valence-corrected chi connectivity index (χ1v) is 10.7. The first-order valence-electron chi connectivity index (χ1n) is 8.83. The maximum atomic E-state index is 11.8. The molecule has 0 unspecified atom stereocenters. The average Bonchev–Trinajstić information content (AvgIpc) is 3.07. The minimum Gasteiger partial charge on any atom is -0.497 e. The van der Waals surface area contributed by atoms with Gasteiger partial charge in [-0.25, -0.2) is 17.7 Å². The molecule has 1 N–H and O–H groups in total. The van der Waals surface area contributed by atoms with Crippen LogP contribution >= 0.6 is 0 Å². The van der Waals surface area contributed by atoms with Gasteiger partial charge in [0.2, 0.25) is 10.0 Å². The van der Waals surface area contributed by atoms with Crippen molar-refractivity contribution in [3.8, 4) is 17.0 Å². The van der Waals surface area contributed by atoms with Crippen LogP contribution in [-0.4, -0.2) is 55.3 Å². The maximum Gasteiger partial charge on any atom is 0.211 e. The molecule has 4 rings (SSSR count). The highest BCUT2D eigenvalue weighted by atomic mass is 32.2. The zero-order valence-corrected chi connectivity index (χ0v) is 15.9. The van der Waals surface area contributed by atoms with Crippen molar-refractivity contribution in [1.82, 2.24) is 19.2 Å². The van der Waals surface area contributed by atoms with Gasteiger partial charge in [0.15, 0.2) is 0 Å². The molecule has 1 spiro atoms. The number of nitrogens with zero attached hydrogens (tertiary/aromatic N) is 3. The lowest BCUT2D eigenvalue weighted by molar-refractivity contribution is 0.160. The summed E-state index contributed by atoms with van der Waals surface area (Å²) < 4.78 is 32.7. The van der Waals surface area contributed by atoms with Crippen LogP contribution in [0.2, 0.25) is 0 Å². The molecule has 0 amide bonds. The Morgan fingerprint density at radius 1 is 1.15 bits per heavy atom. The van der Waals surface area contributed by atoms with Gasteiger partial charge in [0, 0.05) is 31.7 Å². The quantitative estimate of drug-likeness (QED) is 0.877. The van der Waals surface area contributed by atoms with Gasteiger partial charge >= 0.3 is 0 Å². The number of piperidine rings is 1. The van der Waals surface area contributed by atoms with Crippen molar-refractivity contribution in [2.45, 2.75) is 24.9 Å². The molecule has 7 nitrogen and oxygen atoms in total. The van der Waals surface area contributed by atoms with E-state index >= 15 is 0 Å². The summed E-state index contributed by atoms with van der Waals surface area (Å²) in [4.78, 5) is 4.74. The summed E-state index contributed by atoms with van der Waals surface area (Å²) in [5.41, 5.74) is 1.95. The molecule has 0 saturated carbocycles. The van der Waals surface area contributed by atoms with Crippen molar-refractivity contribution in [2.24, 2.45) is 0 Å². The van der Waals surface area contributed by atoms with Crippen LogP contribution in [0.5, 0.6) is 5.75 Å². The standard InChI is InChI=1S/C18H24N4O3S/c1-25-15-5-3-14(4-6-15)16-13-19-17-18(20-9-12-22(16)17)7-10-21(11-8-18)26(2,23)24/h3-6,13,20H,7-12H2,1-2H3. The van der Waals surface area contributed by atoms with E-state index in [0.717, 1.165) is 48.8 Å². The van der Waals surface area contributed by atoms with Crippen molar-refractivity contribution < 1.29 is 13.2 Å². The van der Waals surface area contributed by atoms with Crippen molar-refractivity contribution in [3.05, 3.63) is 36.3 Å². The molecule has 140 valence electrons. The zero-order chi connectivity index (χ0) is 18.4. The van der Waals surface area contributed by atoms with Crippen molar-refractivity contribution in [1.29, 1.82) is 0 Å². The van der Waals surface area contributed by atoms with Gasteiger partial charge in [-0.05, 0) is 37.1 Å². The van der Waals surface area contributed by atoms with E-state index in [-0.39, 0.29) is 5.54 Å². The number of benzene rings is 1. The van der Waals surface area contributed by atoms with Gasteiger partial charge in [0.25, 0.3) is 0 Å². The maximum absolute atomic E-state index is 11.8. The predicted octanol–water partition coefficient (Wildman–Crippen LogP) is 1.41. The van der Waals surface area contributed by atoms with E-state index in [1.54, 1.807) is 11.4 Å². The molecule has 0 radical (unpaired) electrons. The third-order valence-corrected chi connectivity index (χ3v) is 6.82. The minimum atomic E-state index is -3.14. The molecule has 3 heterocycles. The molecule has 1 aromatic heterocycles. The van der Waals surface area contributed by atoms with Crippen LogP contribution in [-0.2, 0) is 22.1 Å². The van der Waals surface area contributed by atoms with Crippen molar-refractivity contribution in [2.75, 3.05) is 33.0 Å². The Morgan fingerprint density at radius 3 is 2.46 bits per heavy atom. The van der Waals surface area contributed by atoms with E-state index in [1.807, 2.05) is 30.5 Å². The summed E-state index contributed by atoms with van der Waals surface area (Å²) in [5, 5.41) is 3.62. The number of ether oxygens (including phenoxy) is 1. The number of rotatable bonds is 3. The van der Waals surface area contributed by atoms with Gasteiger partial charge in [-0.1, -0.05) is 0 Å². The van der Waals surface area contributed by atoms with Crippen LogP contribution in [0.1, 0.15) is 18.7 Å². The first kappa shape index (κ1) is 17.5. The molecule has 2 aliphatic heterocycles. The summed E-state index contributed by atoms with van der Waals surface area (Å²) in [6.45, 7) is 2.76. The average molecular weight is 376 g/mol. The SMILES string of the molecule is COc1ccc(-c2cnc3n2CCNC32CCN(S(C)(=O)=O)CC2)cc1. The Bertz CT molecular complexity index is 897. The monoisotopic (exact) mass is 376 g/mol. The smallest absolute Gasteiger partial charge is 0.211 e. The highest BCUT2D eigenvalue weighted by Crippen LogP contribution is 2.37. The van der Waals surface area contributed by atoms with Crippen LogP contribution in [0.4, 0.5) is 0 Å². The lowest BCUT2D eigenvalue weighted by atomic mass is 9.86. The minimum absolute atomic E-state index is 0.246. The van der Waals surface area contributed by atoms with E-state index in [9.17, 15) is 8.42 Å². The summed E-state index contributed by atoms with van der Waals surface area (Å²) in [6, 6.07) is 8.00. The molecular formula is C18H24N4O3S. The van der Waals surface area contributed by atoms with Gasteiger partial charge in [-0.15, -0.1) is 0 Å². The number of methoxy groups -OCH3 is 1. The molecule has 0 aliphatic carbocycles. The van der Waals surface area contributed by atoms with E-state index in [4.69, 9.17) is 9.72 Å². The normalized spacial score (nSPS) is 20.1. The molecule has 1 aromatic carbocycles. The molecule has 8 heteroatoms. The Balaban J connectivity index is 1.65. The molecule has 2 aromatic rings. The highest BCUT2D eigenvalue weighted by molar-refractivity contribution is 7.88. The van der Waals surface area contributed by atoms with E-state index in [2.05, 4.69) is 9.88 Å². The zero-order valence-electron chi connectivity index (χ0n) is 15.1. The highest BCUT2D eigenvalue weighted by Gasteiger charge is 2.43. The number of sulfonamides is 1. The van der Waals surface area contributed by atoms with E-state index in [1.165, 1.54) is 6.26 Å². The fraction of sp³-hybridized carbons (Fsp3) is 0.500. The van der Waals surface area contributed by atoms with Crippen molar-refractivity contribution >= 4 is 10.0 Å². The molecule has 26 heavy (non-hydrogen) atoms. The van der Waals surface area contributed by atoms with Gasteiger partial charge < -0.3 is 14.6 Å². The second-order valence-electron chi connectivity index (χ2n) is 7.02. The van der Waals surface area contributed by atoms with Crippen LogP contribution in [0.3, 0.4) is 0 Å². The third kappa shape index (κ3) is 2.91. The summed E-state index contributed by atoms with van der Waals surface area (Å²) >= 11 is 0. The Morgan fingerprint density at radius 2 is 1.85 bits per heavy atom. The van der Waals surface area contributed by atoms with Gasteiger partial charge in [-0.2, -0.15) is 0 Å². The lowest BCUT2D eigenvalue weighted by Crippen LogP contribution is -2.56. The van der Waals surface area contributed by atoms with E-state index < -0.39 is 10.0 Å². The second-order valence-corrected chi connectivity index (χ2v) is 9.00. The molecule has 1 fully saturated rings. The lowest BCUT2D eigenvalue weighted by Gasteiger charge is -2.44. The molecule has 0 bridgehead atoms. The molecule has 0 atom stereocenters. The Labute approximate surface area is 154 Å². The number of imidazole rings is 1. The topological polar surface area (TPSA) is 76.5 Å². The fourth-order valence-electron chi connectivity index (χ4n) is 4.06. The van der Waals surface area contributed by atoms with Crippen molar-refractivity contribution in [3.63, 3.8) is 0 Å². The van der Waals surface area contributed by atoms with Crippen LogP contribution in [0.25, 0.3) is 11.3 Å².